The maximum Gasteiger partial charge on any atom is 0.245 e. The molecule has 3 N–H and O–H groups in total. The number of halogens is 1. The highest BCUT2D eigenvalue weighted by atomic mass is 19.1. The van der Waals surface area contributed by atoms with Crippen LogP contribution >= 0.6 is 0 Å². The maximum absolute atomic E-state index is 14.9. The van der Waals surface area contributed by atoms with Crippen LogP contribution in [0, 0.1) is 12.7 Å². The van der Waals surface area contributed by atoms with Crippen molar-refractivity contribution in [1.29, 1.82) is 0 Å². The molecule has 0 radical (unpaired) electrons. The minimum Gasteiger partial charge on any atom is -0.367 e. The summed E-state index contributed by atoms with van der Waals surface area (Å²) in [4.78, 5) is 26.5. The highest BCUT2D eigenvalue weighted by molar-refractivity contribution is 5.91. The third-order valence-electron chi connectivity index (χ3n) is 7.44. The van der Waals surface area contributed by atoms with Gasteiger partial charge in [0.15, 0.2) is 0 Å². The summed E-state index contributed by atoms with van der Waals surface area (Å²) in [6, 6.07) is 5.45. The van der Waals surface area contributed by atoms with E-state index < -0.39 is 5.54 Å². The number of nitrogens with one attached hydrogen (secondary N) is 3. The van der Waals surface area contributed by atoms with Crippen LogP contribution in [-0.2, 0) is 4.79 Å². The van der Waals surface area contributed by atoms with Gasteiger partial charge < -0.3 is 25.8 Å². The number of anilines is 4. The number of benzene rings is 1. The van der Waals surface area contributed by atoms with Crippen LogP contribution in [0.15, 0.2) is 24.4 Å². The zero-order chi connectivity index (χ0) is 23.7. The Morgan fingerprint density at radius 1 is 1.21 bits per heavy atom. The van der Waals surface area contributed by atoms with Crippen molar-refractivity contribution in [2.45, 2.75) is 57.5 Å². The molecule has 5 rings (SSSR count). The summed E-state index contributed by atoms with van der Waals surface area (Å²) in [5, 5.41) is 9.48. The van der Waals surface area contributed by atoms with Crippen molar-refractivity contribution in [2.75, 3.05) is 47.8 Å². The van der Waals surface area contributed by atoms with Crippen molar-refractivity contribution >= 4 is 29.0 Å². The van der Waals surface area contributed by atoms with Gasteiger partial charge in [-0.2, -0.15) is 4.98 Å². The molecule has 2 aliphatic heterocycles. The van der Waals surface area contributed by atoms with Gasteiger partial charge in [-0.05, 0) is 51.3 Å². The highest BCUT2D eigenvalue weighted by Crippen LogP contribution is 2.38. The van der Waals surface area contributed by atoms with E-state index in [1.54, 1.807) is 6.20 Å². The second-order valence-electron chi connectivity index (χ2n) is 9.82. The summed E-state index contributed by atoms with van der Waals surface area (Å²) < 4.78 is 14.9. The first kappa shape index (κ1) is 22.8. The van der Waals surface area contributed by atoms with Crippen molar-refractivity contribution in [2.24, 2.45) is 0 Å². The van der Waals surface area contributed by atoms with Crippen LogP contribution in [0.4, 0.5) is 27.5 Å². The second kappa shape index (κ2) is 9.37. The van der Waals surface area contributed by atoms with Crippen LogP contribution < -0.4 is 25.8 Å². The number of hydrogen-bond acceptors (Lipinski definition) is 7. The molecule has 1 amide bonds. The third kappa shape index (κ3) is 4.29. The largest absolute Gasteiger partial charge is 0.367 e. The standard InChI is InChI=1S/C25H34FN7O/c1-17-16-29-24(30-18-7-8-21(20(26)15-18)32-13-11-27-12-14-32)31-22(17)33(19-5-3-4-6-19)25(2)9-10-28-23(25)34/h7-8,15-16,19,27H,3-6,9-14H2,1-2H3,(H,28,34)(H,29,30,31). The van der Waals surface area contributed by atoms with Gasteiger partial charge in [0.2, 0.25) is 11.9 Å². The van der Waals surface area contributed by atoms with Crippen molar-refractivity contribution in [3.63, 3.8) is 0 Å². The average molecular weight is 468 g/mol. The fraction of sp³-hybridized carbons (Fsp3) is 0.560. The third-order valence-corrected chi connectivity index (χ3v) is 7.44. The molecule has 34 heavy (non-hydrogen) atoms. The summed E-state index contributed by atoms with van der Waals surface area (Å²) in [6.45, 7) is 7.97. The Morgan fingerprint density at radius 2 is 1.97 bits per heavy atom. The lowest BCUT2D eigenvalue weighted by Gasteiger charge is -2.42. The number of aromatic nitrogens is 2. The Kier molecular flexibility index (Phi) is 6.29. The molecule has 2 aromatic rings. The van der Waals surface area contributed by atoms with Crippen molar-refractivity contribution in [3.05, 3.63) is 35.8 Å². The first-order valence-electron chi connectivity index (χ1n) is 12.4. The Labute approximate surface area is 200 Å². The summed E-state index contributed by atoms with van der Waals surface area (Å²) >= 11 is 0. The quantitative estimate of drug-likeness (QED) is 0.602. The molecule has 9 heteroatoms. The van der Waals surface area contributed by atoms with Crippen LogP contribution in [0.5, 0.6) is 0 Å². The van der Waals surface area contributed by atoms with E-state index in [1.807, 2.05) is 26.0 Å². The molecule has 2 saturated heterocycles. The number of hydrogen-bond donors (Lipinski definition) is 3. The predicted molar refractivity (Wildman–Crippen MR) is 132 cm³/mol. The summed E-state index contributed by atoms with van der Waals surface area (Å²) in [5.41, 5.74) is 1.51. The van der Waals surface area contributed by atoms with Gasteiger partial charge in [-0.15, -0.1) is 0 Å². The van der Waals surface area contributed by atoms with E-state index in [4.69, 9.17) is 4.98 Å². The number of nitrogens with zero attached hydrogens (tertiary/aromatic N) is 4. The predicted octanol–water partition coefficient (Wildman–Crippen LogP) is 3.10. The van der Waals surface area contributed by atoms with Gasteiger partial charge in [0, 0.05) is 56.2 Å². The lowest BCUT2D eigenvalue weighted by Crippen LogP contribution is -2.56. The van der Waals surface area contributed by atoms with E-state index in [9.17, 15) is 9.18 Å². The zero-order valence-corrected chi connectivity index (χ0v) is 20.0. The van der Waals surface area contributed by atoms with E-state index in [0.717, 1.165) is 69.7 Å². The molecule has 1 aromatic heterocycles. The van der Waals surface area contributed by atoms with Crippen LogP contribution in [0.25, 0.3) is 0 Å². The maximum atomic E-state index is 14.9. The molecule has 1 unspecified atom stereocenters. The van der Waals surface area contributed by atoms with Crippen LogP contribution in [0.2, 0.25) is 0 Å². The summed E-state index contributed by atoms with van der Waals surface area (Å²) in [6.07, 6.45) is 6.95. The van der Waals surface area contributed by atoms with Crippen LogP contribution in [0.3, 0.4) is 0 Å². The molecule has 3 heterocycles. The monoisotopic (exact) mass is 467 g/mol. The highest BCUT2D eigenvalue weighted by Gasteiger charge is 2.47. The van der Waals surface area contributed by atoms with Gasteiger partial charge >= 0.3 is 0 Å². The van der Waals surface area contributed by atoms with Crippen molar-refractivity contribution in [3.8, 4) is 0 Å². The molecule has 1 aromatic carbocycles. The number of carbonyl (C=O) groups excluding carboxylic acids is 1. The summed E-state index contributed by atoms with van der Waals surface area (Å²) in [7, 11) is 0. The van der Waals surface area contributed by atoms with E-state index in [2.05, 4.69) is 30.7 Å². The fourth-order valence-electron chi connectivity index (χ4n) is 5.54. The molecule has 0 spiro atoms. The number of carbonyl (C=O) groups is 1. The fourth-order valence-corrected chi connectivity index (χ4v) is 5.54. The first-order valence-corrected chi connectivity index (χ1v) is 12.4. The van der Waals surface area contributed by atoms with Gasteiger partial charge in [-0.25, -0.2) is 9.37 Å². The van der Waals surface area contributed by atoms with Crippen LogP contribution in [0.1, 0.15) is 44.6 Å². The lowest BCUT2D eigenvalue weighted by molar-refractivity contribution is -0.123. The van der Waals surface area contributed by atoms with E-state index in [-0.39, 0.29) is 17.8 Å². The molecule has 1 atom stereocenters. The van der Waals surface area contributed by atoms with Crippen molar-refractivity contribution < 1.29 is 9.18 Å². The van der Waals surface area contributed by atoms with E-state index >= 15 is 0 Å². The Morgan fingerprint density at radius 3 is 2.65 bits per heavy atom. The van der Waals surface area contributed by atoms with Crippen LogP contribution in [-0.4, -0.2) is 60.2 Å². The topological polar surface area (TPSA) is 85.4 Å². The molecule has 8 nitrogen and oxygen atoms in total. The molecule has 1 aliphatic carbocycles. The molecule has 3 fully saturated rings. The Hall–Kier alpha value is -2.94. The zero-order valence-electron chi connectivity index (χ0n) is 20.0. The second-order valence-corrected chi connectivity index (χ2v) is 9.82. The molecular formula is C25H34FN7O. The average Bonchev–Trinajstić information content (AvgIpc) is 3.47. The smallest absolute Gasteiger partial charge is 0.245 e. The number of aryl methyl sites for hydroxylation is 1. The normalized spacial score (nSPS) is 23.3. The molecule has 1 saturated carbocycles. The Bertz CT molecular complexity index is 1050. The SMILES string of the molecule is Cc1cnc(Nc2ccc(N3CCNCC3)c(F)c2)nc1N(C1CCCC1)C1(C)CCNC1=O. The summed E-state index contributed by atoms with van der Waals surface area (Å²) in [5.74, 6) is 0.973. The lowest BCUT2D eigenvalue weighted by atomic mass is 9.94. The molecular weight excluding hydrogens is 433 g/mol. The molecule has 0 bridgehead atoms. The van der Waals surface area contributed by atoms with Gasteiger partial charge in [0.25, 0.3) is 0 Å². The molecule has 182 valence electrons. The Balaban J connectivity index is 1.43. The van der Waals surface area contributed by atoms with Crippen molar-refractivity contribution in [1.82, 2.24) is 20.6 Å². The number of piperazine rings is 1. The van der Waals surface area contributed by atoms with Gasteiger partial charge in [0.1, 0.15) is 17.2 Å². The van der Waals surface area contributed by atoms with Gasteiger partial charge in [-0.1, -0.05) is 12.8 Å². The minimum absolute atomic E-state index is 0.0532. The van der Waals surface area contributed by atoms with Gasteiger partial charge in [0.05, 0.1) is 5.69 Å². The first-order chi connectivity index (χ1) is 16.5. The van der Waals surface area contributed by atoms with E-state index in [0.29, 0.717) is 23.9 Å². The number of amides is 1. The van der Waals surface area contributed by atoms with Gasteiger partial charge in [-0.3, -0.25) is 4.79 Å². The molecule has 3 aliphatic rings. The van der Waals surface area contributed by atoms with E-state index in [1.165, 1.54) is 6.07 Å². The minimum atomic E-state index is -0.636. The number of rotatable bonds is 6.